The van der Waals surface area contributed by atoms with E-state index in [0.29, 0.717) is 5.41 Å². The molecule has 1 aromatic heterocycles. The van der Waals surface area contributed by atoms with E-state index in [2.05, 4.69) is 23.7 Å². The van der Waals surface area contributed by atoms with Gasteiger partial charge in [0, 0.05) is 12.7 Å². The maximum atomic E-state index is 10.9. The number of hydrogen-bond donors (Lipinski definition) is 1. The lowest BCUT2D eigenvalue weighted by Gasteiger charge is -2.38. The van der Waals surface area contributed by atoms with E-state index >= 15 is 0 Å². The minimum atomic E-state index is -0.959. The van der Waals surface area contributed by atoms with E-state index in [9.17, 15) is 4.79 Å². The molecule has 1 aromatic rings. The largest absolute Gasteiger partial charge is 0.477 e. The van der Waals surface area contributed by atoms with Crippen LogP contribution in [0.5, 0.6) is 0 Å². The molecule has 1 N–H and O–H groups in total. The van der Waals surface area contributed by atoms with Gasteiger partial charge >= 0.3 is 5.97 Å². The summed E-state index contributed by atoms with van der Waals surface area (Å²) in [5.74, 6) is -0.959. The highest BCUT2D eigenvalue weighted by molar-refractivity contribution is 5.85. The van der Waals surface area contributed by atoms with Crippen LogP contribution in [0.3, 0.4) is 0 Å². The molecule has 0 amide bonds. The number of piperidine rings is 1. The van der Waals surface area contributed by atoms with Gasteiger partial charge in [-0.15, -0.1) is 0 Å². The Kier molecular flexibility index (Phi) is 4.20. The average molecular weight is 262 g/mol. The summed E-state index contributed by atoms with van der Waals surface area (Å²) in [6.07, 6.45) is 5.26. The second-order valence-corrected chi connectivity index (χ2v) is 5.79. The van der Waals surface area contributed by atoms with Gasteiger partial charge in [-0.05, 0) is 49.0 Å². The SMILES string of the molecule is CCC1(C)CCN(Cc2ccnc(C(=O)O)c2)CC1. The Morgan fingerprint density at radius 3 is 2.74 bits per heavy atom. The molecule has 2 heterocycles. The van der Waals surface area contributed by atoms with Crippen molar-refractivity contribution in [2.75, 3.05) is 13.1 Å². The van der Waals surface area contributed by atoms with Gasteiger partial charge in [-0.25, -0.2) is 9.78 Å². The molecule has 0 aliphatic carbocycles. The van der Waals surface area contributed by atoms with Gasteiger partial charge in [0.15, 0.2) is 0 Å². The molecule has 4 heteroatoms. The van der Waals surface area contributed by atoms with Gasteiger partial charge in [0.2, 0.25) is 0 Å². The normalized spacial score (nSPS) is 19.3. The summed E-state index contributed by atoms with van der Waals surface area (Å²) in [6, 6.07) is 3.58. The molecule has 1 aliphatic rings. The smallest absolute Gasteiger partial charge is 0.354 e. The molecule has 19 heavy (non-hydrogen) atoms. The monoisotopic (exact) mass is 262 g/mol. The van der Waals surface area contributed by atoms with Crippen molar-refractivity contribution in [3.63, 3.8) is 0 Å². The number of carbonyl (C=O) groups is 1. The fourth-order valence-electron chi connectivity index (χ4n) is 2.55. The minimum Gasteiger partial charge on any atom is -0.477 e. The van der Waals surface area contributed by atoms with Gasteiger partial charge in [-0.1, -0.05) is 20.3 Å². The Morgan fingerprint density at radius 2 is 2.16 bits per heavy atom. The van der Waals surface area contributed by atoms with Crippen LogP contribution in [0.1, 0.15) is 49.2 Å². The quantitative estimate of drug-likeness (QED) is 0.906. The number of likely N-dealkylation sites (tertiary alicyclic amines) is 1. The van der Waals surface area contributed by atoms with E-state index in [1.165, 1.54) is 19.3 Å². The van der Waals surface area contributed by atoms with Crippen molar-refractivity contribution in [1.82, 2.24) is 9.88 Å². The van der Waals surface area contributed by atoms with Gasteiger partial charge in [0.25, 0.3) is 0 Å². The van der Waals surface area contributed by atoms with E-state index in [1.807, 2.05) is 6.07 Å². The minimum absolute atomic E-state index is 0.132. The summed E-state index contributed by atoms with van der Waals surface area (Å²) in [6.45, 7) is 7.63. The van der Waals surface area contributed by atoms with Crippen LogP contribution in [-0.4, -0.2) is 34.0 Å². The number of carboxylic acids is 1. The standard InChI is InChI=1S/C15H22N2O2/c1-3-15(2)5-8-17(9-6-15)11-12-4-7-16-13(10-12)14(18)19/h4,7,10H,3,5-6,8-9,11H2,1-2H3,(H,18,19). The van der Waals surface area contributed by atoms with Crippen molar-refractivity contribution in [2.45, 2.75) is 39.7 Å². The maximum absolute atomic E-state index is 10.9. The van der Waals surface area contributed by atoms with Crippen molar-refractivity contribution in [3.8, 4) is 0 Å². The Balaban J connectivity index is 1.96. The number of hydrogen-bond acceptors (Lipinski definition) is 3. The topological polar surface area (TPSA) is 53.4 Å². The third kappa shape index (κ3) is 3.53. The molecule has 1 saturated heterocycles. The average Bonchev–Trinajstić information content (AvgIpc) is 2.42. The highest BCUT2D eigenvalue weighted by atomic mass is 16.4. The highest BCUT2D eigenvalue weighted by Crippen LogP contribution is 2.34. The third-order valence-electron chi connectivity index (χ3n) is 4.37. The molecule has 1 fully saturated rings. The molecule has 2 rings (SSSR count). The second-order valence-electron chi connectivity index (χ2n) is 5.79. The fraction of sp³-hybridized carbons (Fsp3) is 0.600. The van der Waals surface area contributed by atoms with Crippen molar-refractivity contribution in [1.29, 1.82) is 0 Å². The summed E-state index contributed by atoms with van der Waals surface area (Å²) in [7, 11) is 0. The van der Waals surface area contributed by atoms with Crippen LogP contribution in [0.2, 0.25) is 0 Å². The number of aromatic carboxylic acids is 1. The molecule has 0 atom stereocenters. The molecule has 0 spiro atoms. The summed E-state index contributed by atoms with van der Waals surface area (Å²) < 4.78 is 0. The maximum Gasteiger partial charge on any atom is 0.354 e. The van der Waals surface area contributed by atoms with E-state index < -0.39 is 5.97 Å². The van der Waals surface area contributed by atoms with Crippen molar-refractivity contribution >= 4 is 5.97 Å². The number of carboxylic acid groups (broad SMARTS) is 1. The molecule has 0 saturated carbocycles. The molecular weight excluding hydrogens is 240 g/mol. The Labute approximate surface area is 114 Å². The first-order valence-electron chi connectivity index (χ1n) is 6.93. The number of aromatic nitrogens is 1. The lowest BCUT2D eigenvalue weighted by Crippen LogP contribution is -2.37. The van der Waals surface area contributed by atoms with Gasteiger partial charge in [-0.2, -0.15) is 0 Å². The summed E-state index contributed by atoms with van der Waals surface area (Å²) in [4.78, 5) is 17.1. The van der Waals surface area contributed by atoms with Crippen molar-refractivity contribution < 1.29 is 9.90 Å². The second kappa shape index (κ2) is 5.70. The first-order valence-corrected chi connectivity index (χ1v) is 6.93. The molecule has 4 nitrogen and oxygen atoms in total. The molecular formula is C15H22N2O2. The van der Waals surface area contributed by atoms with E-state index in [1.54, 1.807) is 12.3 Å². The lowest BCUT2D eigenvalue weighted by molar-refractivity contribution is 0.0690. The zero-order valence-electron chi connectivity index (χ0n) is 11.7. The Morgan fingerprint density at radius 1 is 1.47 bits per heavy atom. The molecule has 1 aliphatic heterocycles. The van der Waals surface area contributed by atoms with Crippen LogP contribution in [0.4, 0.5) is 0 Å². The fourth-order valence-corrected chi connectivity index (χ4v) is 2.55. The van der Waals surface area contributed by atoms with Crippen molar-refractivity contribution in [3.05, 3.63) is 29.6 Å². The lowest BCUT2D eigenvalue weighted by atomic mass is 9.78. The van der Waals surface area contributed by atoms with Gasteiger partial charge in [0.1, 0.15) is 5.69 Å². The summed E-state index contributed by atoms with van der Waals surface area (Å²) in [5.41, 5.74) is 1.65. The van der Waals surface area contributed by atoms with Gasteiger partial charge < -0.3 is 5.11 Å². The zero-order valence-corrected chi connectivity index (χ0v) is 11.7. The molecule has 0 radical (unpaired) electrons. The molecule has 0 bridgehead atoms. The third-order valence-corrected chi connectivity index (χ3v) is 4.37. The van der Waals surface area contributed by atoms with Gasteiger partial charge in [-0.3, -0.25) is 4.90 Å². The predicted molar refractivity (Wildman–Crippen MR) is 74.1 cm³/mol. The van der Waals surface area contributed by atoms with Crippen LogP contribution < -0.4 is 0 Å². The molecule has 0 aromatic carbocycles. The molecule has 0 unspecified atom stereocenters. The van der Waals surface area contributed by atoms with E-state index in [4.69, 9.17) is 5.11 Å². The van der Waals surface area contributed by atoms with E-state index in [-0.39, 0.29) is 5.69 Å². The Hall–Kier alpha value is -1.42. The van der Waals surface area contributed by atoms with Crippen LogP contribution in [0.15, 0.2) is 18.3 Å². The predicted octanol–water partition coefficient (Wildman–Crippen LogP) is 2.79. The van der Waals surface area contributed by atoms with Crippen LogP contribution in [0.25, 0.3) is 0 Å². The Bertz CT molecular complexity index is 451. The summed E-state index contributed by atoms with van der Waals surface area (Å²) >= 11 is 0. The van der Waals surface area contributed by atoms with Crippen LogP contribution in [-0.2, 0) is 6.54 Å². The van der Waals surface area contributed by atoms with E-state index in [0.717, 1.165) is 25.2 Å². The first-order chi connectivity index (χ1) is 9.02. The van der Waals surface area contributed by atoms with Gasteiger partial charge in [0.05, 0.1) is 0 Å². The zero-order chi connectivity index (χ0) is 13.9. The number of rotatable bonds is 4. The van der Waals surface area contributed by atoms with Crippen LogP contribution >= 0.6 is 0 Å². The van der Waals surface area contributed by atoms with Crippen LogP contribution in [0, 0.1) is 5.41 Å². The highest BCUT2D eigenvalue weighted by Gasteiger charge is 2.28. The number of nitrogens with zero attached hydrogens (tertiary/aromatic N) is 2. The van der Waals surface area contributed by atoms with Crippen molar-refractivity contribution in [2.24, 2.45) is 5.41 Å². The first kappa shape index (κ1) is 14.0. The molecule has 104 valence electrons. The summed E-state index contributed by atoms with van der Waals surface area (Å²) in [5, 5.41) is 8.94. The number of pyridine rings is 1.